The second-order valence-electron chi connectivity index (χ2n) is 4.39. The van der Waals surface area contributed by atoms with Crippen LogP contribution < -0.4 is 4.74 Å². The van der Waals surface area contributed by atoms with Crippen molar-refractivity contribution >= 4 is 0 Å². The maximum atomic E-state index is 5.55. The van der Waals surface area contributed by atoms with Gasteiger partial charge in [0.25, 0.3) is 0 Å². The van der Waals surface area contributed by atoms with Gasteiger partial charge in [0.2, 0.25) is 11.7 Å². The third-order valence-corrected chi connectivity index (χ3v) is 2.45. The summed E-state index contributed by atoms with van der Waals surface area (Å²) in [5, 5.41) is 8.04. The smallest absolute Gasteiger partial charge is 0.226 e. The van der Waals surface area contributed by atoms with Crippen LogP contribution in [-0.4, -0.2) is 19.9 Å². The molecule has 6 heteroatoms. The molecule has 0 aliphatic rings. The Morgan fingerprint density at radius 3 is 2.94 bits per heavy atom. The molecule has 0 aliphatic carbocycles. The van der Waals surface area contributed by atoms with Crippen LogP contribution in [0.2, 0.25) is 0 Å². The first-order valence-corrected chi connectivity index (χ1v) is 6.17. The number of aromatic nitrogens is 4. The fourth-order valence-corrected chi connectivity index (χ4v) is 1.49. The first-order chi connectivity index (χ1) is 8.69. The van der Waals surface area contributed by atoms with Gasteiger partial charge in [0.05, 0.1) is 12.4 Å². The van der Waals surface area contributed by atoms with E-state index in [4.69, 9.17) is 9.26 Å². The predicted octanol–water partition coefficient (Wildman–Crippen LogP) is 2.38. The minimum absolute atomic E-state index is 0.303. The lowest BCUT2D eigenvalue weighted by Crippen LogP contribution is -2.00. The summed E-state index contributed by atoms with van der Waals surface area (Å²) in [7, 11) is 0. The van der Waals surface area contributed by atoms with E-state index >= 15 is 0 Å². The molecule has 2 rings (SSSR count). The summed E-state index contributed by atoms with van der Waals surface area (Å²) in [5.41, 5.74) is 0. The molecule has 0 aliphatic heterocycles. The molecule has 0 radical (unpaired) electrons. The van der Waals surface area contributed by atoms with Crippen molar-refractivity contribution < 1.29 is 9.26 Å². The lowest BCUT2D eigenvalue weighted by atomic mass is 10.3. The van der Waals surface area contributed by atoms with Crippen LogP contribution in [-0.2, 0) is 13.0 Å². The third-order valence-electron chi connectivity index (χ3n) is 2.45. The van der Waals surface area contributed by atoms with Crippen molar-refractivity contribution in [2.75, 3.05) is 0 Å². The number of ether oxygens (including phenoxy) is 1. The van der Waals surface area contributed by atoms with Gasteiger partial charge < -0.3 is 9.26 Å². The summed E-state index contributed by atoms with van der Waals surface area (Å²) < 4.78 is 12.5. The Morgan fingerprint density at radius 2 is 2.28 bits per heavy atom. The van der Waals surface area contributed by atoms with Crippen LogP contribution in [0.1, 0.15) is 44.9 Å². The monoisotopic (exact) mass is 250 g/mol. The van der Waals surface area contributed by atoms with Gasteiger partial charge in [0.15, 0.2) is 12.4 Å². The van der Waals surface area contributed by atoms with Crippen LogP contribution in [0.5, 0.6) is 5.75 Å². The summed E-state index contributed by atoms with van der Waals surface area (Å²) in [6.45, 7) is 6.50. The predicted molar refractivity (Wildman–Crippen MR) is 65.2 cm³/mol. The Kier molecular flexibility index (Phi) is 3.96. The van der Waals surface area contributed by atoms with Crippen LogP contribution in [0, 0.1) is 0 Å². The molecule has 0 aromatic carbocycles. The van der Waals surface area contributed by atoms with Crippen LogP contribution in [0.15, 0.2) is 16.9 Å². The SMILES string of the molecule is CCCc1nc(COc2cnn(C(C)C)c2)no1. The number of hydrogen-bond acceptors (Lipinski definition) is 5. The molecule has 6 nitrogen and oxygen atoms in total. The summed E-state index contributed by atoms with van der Waals surface area (Å²) >= 11 is 0. The molecule has 2 heterocycles. The van der Waals surface area contributed by atoms with Gasteiger partial charge in [-0.15, -0.1) is 0 Å². The van der Waals surface area contributed by atoms with Crippen molar-refractivity contribution in [2.45, 2.75) is 46.3 Å². The van der Waals surface area contributed by atoms with Crippen molar-refractivity contribution in [1.29, 1.82) is 0 Å². The molecule has 0 bridgehead atoms. The quantitative estimate of drug-likeness (QED) is 0.787. The van der Waals surface area contributed by atoms with Crippen molar-refractivity contribution in [3.05, 3.63) is 24.1 Å². The molecule has 2 aromatic heterocycles. The van der Waals surface area contributed by atoms with Crippen LogP contribution >= 0.6 is 0 Å². The number of rotatable bonds is 6. The van der Waals surface area contributed by atoms with Crippen LogP contribution in [0.25, 0.3) is 0 Å². The van der Waals surface area contributed by atoms with E-state index in [1.54, 1.807) is 6.20 Å². The summed E-state index contributed by atoms with van der Waals surface area (Å²) in [4.78, 5) is 4.23. The molecule has 0 amide bonds. The molecule has 18 heavy (non-hydrogen) atoms. The Morgan fingerprint density at radius 1 is 1.44 bits per heavy atom. The summed E-state index contributed by atoms with van der Waals surface area (Å²) in [5.74, 6) is 1.94. The van der Waals surface area contributed by atoms with E-state index in [1.165, 1.54) is 0 Å². The number of hydrogen-bond donors (Lipinski definition) is 0. The van der Waals surface area contributed by atoms with Gasteiger partial charge >= 0.3 is 0 Å². The van der Waals surface area contributed by atoms with Gasteiger partial charge in [-0.25, -0.2) is 0 Å². The summed E-state index contributed by atoms with van der Waals surface area (Å²) in [6.07, 6.45) is 5.34. The zero-order valence-electron chi connectivity index (χ0n) is 11.0. The van der Waals surface area contributed by atoms with Crippen molar-refractivity contribution in [3.63, 3.8) is 0 Å². The highest BCUT2D eigenvalue weighted by atomic mass is 16.5. The lowest BCUT2D eigenvalue weighted by molar-refractivity contribution is 0.284. The standard InChI is InChI=1S/C12H18N4O2/c1-4-5-12-14-11(15-18-12)8-17-10-6-13-16(7-10)9(2)3/h6-7,9H,4-5,8H2,1-3H3. The highest BCUT2D eigenvalue weighted by Gasteiger charge is 2.07. The molecule has 0 N–H and O–H groups in total. The van der Waals surface area contributed by atoms with Gasteiger partial charge in [0, 0.05) is 12.5 Å². The first kappa shape index (κ1) is 12.6. The maximum absolute atomic E-state index is 5.55. The Hall–Kier alpha value is -1.85. The van der Waals surface area contributed by atoms with Gasteiger partial charge in [-0.1, -0.05) is 12.1 Å². The second kappa shape index (κ2) is 5.66. The van der Waals surface area contributed by atoms with Crippen molar-refractivity contribution in [3.8, 4) is 5.75 Å². The molecule has 2 aromatic rings. The van der Waals surface area contributed by atoms with E-state index < -0.39 is 0 Å². The topological polar surface area (TPSA) is 66.0 Å². The van der Waals surface area contributed by atoms with Crippen molar-refractivity contribution in [2.24, 2.45) is 0 Å². The fourth-order valence-electron chi connectivity index (χ4n) is 1.49. The number of aryl methyl sites for hydroxylation is 1. The Bertz CT molecular complexity index is 490. The Labute approximate surface area is 106 Å². The highest BCUT2D eigenvalue weighted by Crippen LogP contribution is 2.13. The highest BCUT2D eigenvalue weighted by molar-refractivity contribution is 5.12. The van der Waals surface area contributed by atoms with Gasteiger partial charge in [-0.2, -0.15) is 10.1 Å². The van der Waals surface area contributed by atoms with Gasteiger partial charge in [-0.05, 0) is 20.3 Å². The minimum Gasteiger partial charge on any atom is -0.482 e. The first-order valence-electron chi connectivity index (χ1n) is 6.17. The van der Waals surface area contributed by atoms with Crippen LogP contribution in [0.4, 0.5) is 0 Å². The molecule has 98 valence electrons. The Balaban J connectivity index is 1.89. The lowest BCUT2D eigenvalue weighted by Gasteiger charge is -2.03. The molecule has 0 saturated carbocycles. The third kappa shape index (κ3) is 3.09. The van der Waals surface area contributed by atoms with E-state index in [2.05, 4.69) is 36.0 Å². The molecule has 0 spiro atoms. The average molecular weight is 250 g/mol. The maximum Gasteiger partial charge on any atom is 0.226 e. The van der Waals surface area contributed by atoms with E-state index in [0.717, 1.165) is 12.8 Å². The van der Waals surface area contributed by atoms with Crippen LogP contribution in [0.3, 0.4) is 0 Å². The fraction of sp³-hybridized carbons (Fsp3) is 0.583. The summed E-state index contributed by atoms with van der Waals surface area (Å²) in [6, 6.07) is 0.323. The average Bonchev–Trinajstić information content (AvgIpc) is 2.95. The molecule has 0 unspecified atom stereocenters. The second-order valence-corrected chi connectivity index (χ2v) is 4.39. The molecule has 0 fully saturated rings. The van der Waals surface area contributed by atoms with Crippen molar-refractivity contribution in [1.82, 2.24) is 19.9 Å². The van der Waals surface area contributed by atoms with E-state index in [1.807, 2.05) is 10.9 Å². The van der Waals surface area contributed by atoms with Gasteiger partial charge in [-0.3, -0.25) is 4.68 Å². The van der Waals surface area contributed by atoms with E-state index in [0.29, 0.717) is 30.1 Å². The number of nitrogens with zero attached hydrogens (tertiary/aromatic N) is 4. The largest absolute Gasteiger partial charge is 0.482 e. The molecular formula is C12H18N4O2. The van der Waals surface area contributed by atoms with E-state index in [9.17, 15) is 0 Å². The zero-order valence-corrected chi connectivity index (χ0v) is 11.0. The molecule has 0 atom stereocenters. The normalized spacial score (nSPS) is 11.1. The zero-order chi connectivity index (χ0) is 13.0. The molecule has 0 saturated heterocycles. The minimum atomic E-state index is 0.303. The molecular weight excluding hydrogens is 232 g/mol. The van der Waals surface area contributed by atoms with Gasteiger partial charge in [0.1, 0.15) is 0 Å². The van der Waals surface area contributed by atoms with E-state index in [-0.39, 0.29) is 0 Å².